The number of halogens is 3. The number of hydrogen-bond donors (Lipinski definition) is 1. The summed E-state index contributed by atoms with van der Waals surface area (Å²) in [5.74, 6) is 0. The summed E-state index contributed by atoms with van der Waals surface area (Å²) in [4.78, 5) is 3.23. The number of nitrogens with zero attached hydrogens (tertiary/aromatic N) is 4. The number of benzene rings is 1. The summed E-state index contributed by atoms with van der Waals surface area (Å²) in [5.41, 5.74) is -0.692. The summed E-state index contributed by atoms with van der Waals surface area (Å²) in [6, 6.07) is 3.36. The second-order valence-electron chi connectivity index (χ2n) is 7.77. The summed E-state index contributed by atoms with van der Waals surface area (Å²) in [6.45, 7) is 4.66. The van der Waals surface area contributed by atoms with E-state index < -0.39 is 17.5 Å². The lowest BCUT2D eigenvalue weighted by molar-refractivity contribution is -0.0934. The molecule has 1 aliphatic heterocycles. The van der Waals surface area contributed by atoms with Crippen LogP contribution in [0.15, 0.2) is 42.3 Å². The van der Waals surface area contributed by atoms with Crippen LogP contribution in [0.1, 0.15) is 19.4 Å². The Morgan fingerprint density at radius 2 is 1.93 bits per heavy atom. The van der Waals surface area contributed by atoms with Gasteiger partial charge in [-0.1, -0.05) is 12.2 Å². The van der Waals surface area contributed by atoms with Gasteiger partial charge >= 0.3 is 6.18 Å². The molecule has 0 aliphatic carbocycles. The van der Waals surface area contributed by atoms with E-state index in [9.17, 15) is 18.3 Å². The number of anilines is 1. The Balaban J connectivity index is 2.12. The van der Waals surface area contributed by atoms with Crippen LogP contribution in [0.5, 0.6) is 0 Å². The Labute approximate surface area is 162 Å². The van der Waals surface area contributed by atoms with E-state index in [1.807, 2.05) is 25.2 Å². The monoisotopic (exact) mass is 394 g/mol. The number of hydrogen-bond acceptors (Lipinski definition) is 4. The molecule has 0 spiro atoms. The molecule has 28 heavy (non-hydrogen) atoms. The molecule has 0 fully saturated rings. The first kappa shape index (κ1) is 20.4. The van der Waals surface area contributed by atoms with Gasteiger partial charge in [-0.15, -0.1) is 0 Å². The lowest BCUT2D eigenvalue weighted by Crippen LogP contribution is -2.35. The van der Waals surface area contributed by atoms with Crippen molar-refractivity contribution in [2.24, 2.45) is 0 Å². The molecule has 152 valence electrons. The van der Waals surface area contributed by atoms with E-state index in [4.69, 9.17) is 0 Å². The summed E-state index contributed by atoms with van der Waals surface area (Å²) in [5, 5.41) is 15.9. The molecule has 2 heterocycles. The number of rotatable bonds is 5. The highest BCUT2D eigenvalue weighted by Gasteiger charge is 2.40. The molecule has 2 aromatic rings. The second-order valence-corrected chi connectivity index (χ2v) is 7.77. The maximum atomic E-state index is 13.6. The summed E-state index contributed by atoms with van der Waals surface area (Å²) < 4.78 is 42.5. The number of aliphatic hydroxyl groups is 1. The van der Waals surface area contributed by atoms with Crippen LogP contribution < -0.4 is 4.90 Å². The van der Waals surface area contributed by atoms with Gasteiger partial charge in [-0.05, 0) is 46.2 Å². The topological polar surface area (TPSA) is 44.5 Å². The van der Waals surface area contributed by atoms with Crippen molar-refractivity contribution in [3.05, 3.63) is 47.8 Å². The molecule has 0 saturated carbocycles. The Hall–Kier alpha value is -2.32. The first-order chi connectivity index (χ1) is 13.0. The van der Waals surface area contributed by atoms with E-state index >= 15 is 0 Å². The smallest absolute Gasteiger partial charge is 0.386 e. The first-order valence-electron chi connectivity index (χ1n) is 9.07. The van der Waals surface area contributed by atoms with Gasteiger partial charge in [0.05, 0.1) is 17.7 Å². The highest BCUT2D eigenvalue weighted by Crippen LogP contribution is 2.40. The van der Waals surface area contributed by atoms with Crippen LogP contribution in [0.25, 0.3) is 10.9 Å². The minimum absolute atomic E-state index is 0.0781. The zero-order valence-electron chi connectivity index (χ0n) is 16.5. The van der Waals surface area contributed by atoms with Crippen LogP contribution in [-0.2, 0) is 12.1 Å². The molecule has 1 aliphatic rings. The minimum Gasteiger partial charge on any atom is -0.386 e. The van der Waals surface area contributed by atoms with Gasteiger partial charge < -0.3 is 14.9 Å². The molecular formula is C20H25F3N4O. The summed E-state index contributed by atoms with van der Waals surface area (Å²) in [6.07, 6.45) is 1.46. The molecule has 5 nitrogen and oxygen atoms in total. The largest absolute Gasteiger partial charge is 0.431 e. The summed E-state index contributed by atoms with van der Waals surface area (Å²) >= 11 is 0. The number of likely N-dealkylation sites (N-methyl/N-ethyl adjacent to an activating group) is 1. The molecule has 0 amide bonds. The van der Waals surface area contributed by atoms with Crippen LogP contribution in [0.2, 0.25) is 0 Å². The maximum absolute atomic E-state index is 13.6. The Morgan fingerprint density at radius 1 is 1.21 bits per heavy atom. The minimum atomic E-state index is -4.49. The van der Waals surface area contributed by atoms with Gasteiger partial charge in [0.25, 0.3) is 0 Å². The molecule has 3 rings (SSSR count). The second kappa shape index (κ2) is 7.25. The zero-order valence-corrected chi connectivity index (χ0v) is 16.5. The van der Waals surface area contributed by atoms with Crippen molar-refractivity contribution in [3.8, 4) is 0 Å². The van der Waals surface area contributed by atoms with Crippen LogP contribution >= 0.6 is 0 Å². The quantitative estimate of drug-likeness (QED) is 0.841. The Bertz CT molecular complexity index is 920. The molecule has 1 aromatic heterocycles. The first-order valence-corrected chi connectivity index (χ1v) is 9.07. The fourth-order valence-electron chi connectivity index (χ4n) is 3.23. The zero-order chi connectivity index (χ0) is 20.7. The lowest BCUT2D eigenvalue weighted by Gasteiger charge is -2.33. The number of allylic oxidation sites excluding steroid dienone is 3. The van der Waals surface area contributed by atoms with Gasteiger partial charge in [-0.3, -0.25) is 4.68 Å². The van der Waals surface area contributed by atoms with E-state index in [1.165, 1.54) is 11.0 Å². The van der Waals surface area contributed by atoms with Gasteiger partial charge in [-0.2, -0.15) is 18.3 Å². The van der Waals surface area contributed by atoms with Crippen molar-refractivity contribution >= 4 is 16.6 Å². The van der Waals surface area contributed by atoms with E-state index in [0.29, 0.717) is 23.3 Å². The van der Waals surface area contributed by atoms with E-state index in [-0.39, 0.29) is 6.54 Å². The van der Waals surface area contributed by atoms with Gasteiger partial charge in [0, 0.05) is 35.9 Å². The van der Waals surface area contributed by atoms with E-state index in [0.717, 1.165) is 18.0 Å². The predicted molar refractivity (Wildman–Crippen MR) is 104 cm³/mol. The normalized spacial score (nSPS) is 15.6. The number of fused-ring (bicyclic) bond motifs is 1. The predicted octanol–water partition coefficient (Wildman–Crippen LogP) is 3.65. The molecule has 0 saturated heterocycles. The van der Waals surface area contributed by atoms with Crippen molar-refractivity contribution in [2.45, 2.75) is 32.2 Å². The van der Waals surface area contributed by atoms with Crippen molar-refractivity contribution in [1.82, 2.24) is 14.7 Å². The van der Waals surface area contributed by atoms with Crippen LogP contribution in [0.4, 0.5) is 18.9 Å². The van der Waals surface area contributed by atoms with Gasteiger partial charge in [0.2, 0.25) is 0 Å². The van der Waals surface area contributed by atoms with Crippen molar-refractivity contribution in [1.29, 1.82) is 0 Å². The Kier molecular flexibility index (Phi) is 5.29. The maximum Gasteiger partial charge on any atom is 0.431 e. The average molecular weight is 394 g/mol. The average Bonchev–Trinajstić information content (AvgIpc) is 2.99. The molecule has 1 aromatic carbocycles. The van der Waals surface area contributed by atoms with Crippen LogP contribution in [0.3, 0.4) is 0 Å². The third-order valence-corrected chi connectivity index (χ3v) is 4.65. The molecule has 0 unspecified atom stereocenters. The highest BCUT2D eigenvalue weighted by atomic mass is 19.4. The SMILES string of the molecule is CN(C)CCn1cc2cc(N3CC=CC=C3C(F)(F)F)c(C(C)(C)O)cc2n1. The molecule has 8 heteroatoms. The summed E-state index contributed by atoms with van der Waals surface area (Å²) in [7, 11) is 3.92. The third kappa shape index (κ3) is 4.23. The van der Waals surface area contributed by atoms with Gasteiger partial charge in [0.1, 0.15) is 5.70 Å². The van der Waals surface area contributed by atoms with E-state index in [2.05, 4.69) is 5.10 Å². The Morgan fingerprint density at radius 3 is 2.54 bits per heavy atom. The van der Waals surface area contributed by atoms with Gasteiger partial charge in [-0.25, -0.2) is 0 Å². The molecular weight excluding hydrogens is 369 g/mol. The van der Waals surface area contributed by atoms with Crippen molar-refractivity contribution in [3.63, 3.8) is 0 Å². The van der Waals surface area contributed by atoms with Crippen LogP contribution in [-0.4, -0.2) is 53.1 Å². The standard InChI is InChI=1S/C20H25F3N4O/c1-19(2,28)15-12-16-14(13-26(24-16)10-9-25(3)4)11-17(15)27-8-6-5-7-18(27)20(21,22)23/h5-7,11-13,28H,8-10H2,1-4H3. The molecule has 1 N–H and O–H groups in total. The van der Waals surface area contributed by atoms with E-state index in [1.54, 1.807) is 36.7 Å². The lowest BCUT2D eigenvalue weighted by atomic mass is 9.94. The van der Waals surface area contributed by atoms with Gasteiger partial charge in [0.15, 0.2) is 0 Å². The molecule has 0 atom stereocenters. The number of aromatic nitrogens is 2. The fraction of sp³-hybridized carbons (Fsp3) is 0.450. The van der Waals surface area contributed by atoms with Crippen LogP contribution in [0, 0.1) is 0 Å². The highest BCUT2D eigenvalue weighted by molar-refractivity contribution is 5.85. The molecule has 0 radical (unpaired) electrons. The molecule has 0 bridgehead atoms. The van der Waals surface area contributed by atoms with Crippen molar-refractivity contribution in [2.75, 3.05) is 32.1 Å². The third-order valence-electron chi connectivity index (χ3n) is 4.65. The number of alkyl halides is 3. The fourth-order valence-corrected chi connectivity index (χ4v) is 3.23. The van der Waals surface area contributed by atoms with Crippen molar-refractivity contribution < 1.29 is 18.3 Å².